The van der Waals surface area contributed by atoms with Crippen molar-refractivity contribution in [3.05, 3.63) is 48.8 Å². The monoisotopic (exact) mass is 432 g/mol. The van der Waals surface area contributed by atoms with Crippen molar-refractivity contribution in [1.29, 1.82) is 0 Å². The summed E-state index contributed by atoms with van der Waals surface area (Å²) in [6.07, 6.45) is 6.68. The van der Waals surface area contributed by atoms with Crippen molar-refractivity contribution in [3.63, 3.8) is 0 Å². The molecule has 166 valence electrons. The van der Waals surface area contributed by atoms with Crippen LogP contribution in [0.25, 0.3) is 22.3 Å². The summed E-state index contributed by atoms with van der Waals surface area (Å²) >= 11 is 0. The first-order valence-corrected chi connectivity index (χ1v) is 10.8. The topological polar surface area (TPSA) is 94.2 Å². The van der Waals surface area contributed by atoms with Gasteiger partial charge in [0.2, 0.25) is 11.8 Å². The summed E-state index contributed by atoms with van der Waals surface area (Å²) in [4.78, 5) is 40.6. The quantitative estimate of drug-likeness (QED) is 0.615. The predicted molar refractivity (Wildman–Crippen MR) is 126 cm³/mol. The number of pyridine rings is 2. The van der Waals surface area contributed by atoms with Crippen LogP contribution in [-0.2, 0) is 9.59 Å². The first-order valence-electron chi connectivity index (χ1n) is 10.8. The highest BCUT2D eigenvalue weighted by Crippen LogP contribution is 2.30. The minimum atomic E-state index is -0.196. The molecule has 0 saturated carbocycles. The van der Waals surface area contributed by atoms with Gasteiger partial charge in [-0.15, -0.1) is 0 Å². The van der Waals surface area contributed by atoms with Crippen LogP contribution < -0.4 is 10.2 Å². The molecule has 2 atom stereocenters. The highest BCUT2D eigenvalue weighted by Gasteiger charge is 2.31. The largest absolute Gasteiger partial charge is 0.352 e. The normalized spacial score (nSPS) is 19.0. The molecule has 1 aliphatic rings. The molecule has 4 rings (SSSR count). The number of nitrogens with one attached hydrogen (secondary N) is 2. The van der Waals surface area contributed by atoms with Gasteiger partial charge >= 0.3 is 0 Å². The summed E-state index contributed by atoms with van der Waals surface area (Å²) in [5.74, 6) is 0.790. The standard InChI is InChI=1S/C24H28N6O2/c1-5-7-23(32)27-18-10-19-20(12-26-24(19)25-11-18)21-8-6-9-22(28-21)29-13-15(2)30(17(4)31)16(3)14-29/h5-12,15-16H,13-14H2,1-4H3,(H,25,26)(H,27,32)/b7-5+/t15-,16+. The van der Waals surface area contributed by atoms with Gasteiger partial charge in [-0.2, -0.15) is 0 Å². The summed E-state index contributed by atoms with van der Waals surface area (Å²) in [5, 5.41) is 3.71. The van der Waals surface area contributed by atoms with Gasteiger partial charge in [-0.3, -0.25) is 9.59 Å². The van der Waals surface area contributed by atoms with Gasteiger partial charge in [0, 0.05) is 49.2 Å². The van der Waals surface area contributed by atoms with E-state index in [2.05, 4.69) is 34.0 Å². The molecule has 1 fully saturated rings. The molecular weight excluding hydrogens is 404 g/mol. The number of piperazine rings is 1. The van der Waals surface area contributed by atoms with Gasteiger partial charge in [-0.25, -0.2) is 9.97 Å². The predicted octanol–water partition coefficient (Wildman–Crippen LogP) is 3.59. The molecule has 1 aliphatic heterocycles. The van der Waals surface area contributed by atoms with Gasteiger partial charge in [0.05, 0.1) is 17.6 Å². The van der Waals surface area contributed by atoms with Gasteiger partial charge in [-0.05, 0) is 45.0 Å². The minimum absolute atomic E-state index is 0.106. The smallest absolute Gasteiger partial charge is 0.248 e. The molecule has 8 heteroatoms. The molecule has 4 heterocycles. The van der Waals surface area contributed by atoms with E-state index in [1.165, 1.54) is 6.08 Å². The van der Waals surface area contributed by atoms with Crippen molar-refractivity contribution in [1.82, 2.24) is 19.9 Å². The zero-order valence-electron chi connectivity index (χ0n) is 18.8. The number of hydrogen-bond acceptors (Lipinski definition) is 5. The molecule has 32 heavy (non-hydrogen) atoms. The van der Waals surface area contributed by atoms with E-state index in [-0.39, 0.29) is 23.9 Å². The van der Waals surface area contributed by atoms with E-state index in [4.69, 9.17) is 4.98 Å². The molecule has 3 aromatic heterocycles. The molecule has 0 spiro atoms. The molecule has 8 nitrogen and oxygen atoms in total. The second kappa shape index (κ2) is 8.82. The number of carbonyl (C=O) groups is 2. The first-order chi connectivity index (χ1) is 15.4. The highest BCUT2D eigenvalue weighted by atomic mass is 16.2. The number of allylic oxidation sites excluding steroid dienone is 1. The Morgan fingerprint density at radius 3 is 2.66 bits per heavy atom. The Morgan fingerprint density at radius 2 is 1.97 bits per heavy atom. The molecular formula is C24H28N6O2. The lowest BCUT2D eigenvalue weighted by Crippen LogP contribution is -2.58. The van der Waals surface area contributed by atoms with E-state index in [1.807, 2.05) is 35.4 Å². The van der Waals surface area contributed by atoms with Crippen LogP contribution >= 0.6 is 0 Å². The average molecular weight is 433 g/mol. The second-order valence-electron chi connectivity index (χ2n) is 8.22. The fraction of sp³-hybridized carbons (Fsp3) is 0.333. The SMILES string of the molecule is C/C=C/C(=O)Nc1cnc2[nH]cc(-c3cccc(N4C[C@@H](C)N(C(C)=O)[C@@H](C)C4)n3)c2c1. The third kappa shape index (κ3) is 4.21. The van der Waals surface area contributed by atoms with E-state index in [0.717, 1.165) is 41.2 Å². The number of carbonyl (C=O) groups excluding carboxylic acids is 2. The number of fused-ring (bicyclic) bond motifs is 1. The fourth-order valence-electron chi connectivity index (χ4n) is 4.50. The summed E-state index contributed by atoms with van der Waals surface area (Å²) in [6, 6.07) is 8.09. The first kappa shape index (κ1) is 21.5. The van der Waals surface area contributed by atoms with E-state index < -0.39 is 0 Å². The van der Waals surface area contributed by atoms with Gasteiger partial charge in [0.1, 0.15) is 11.5 Å². The molecule has 2 amide bonds. The van der Waals surface area contributed by atoms with Gasteiger partial charge in [0.25, 0.3) is 0 Å². The molecule has 0 bridgehead atoms. The van der Waals surface area contributed by atoms with Crippen LogP contribution in [0.2, 0.25) is 0 Å². The third-order valence-corrected chi connectivity index (χ3v) is 5.73. The molecule has 0 unspecified atom stereocenters. The Kier molecular flexibility index (Phi) is 5.94. The summed E-state index contributed by atoms with van der Waals surface area (Å²) in [5.41, 5.74) is 3.09. The Balaban J connectivity index is 1.63. The van der Waals surface area contributed by atoms with Crippen molar-refractivity contribution in [3.8, 4) is 11.3 Å². The van der Waals surface area contributed by atoms with E-state index in [1.54, 1.807) is 26.1 Å². The zero-order chi connectivity index (χ0) is 22.8. The van der Waals surface area contributed by atoms with Crippen molar-refractivity contribution >= 4 is 34.4 Å². The second-order valence-corrected chi connectivity index (χ2v) is 8.22. The Hall–Kier alpha value is -3.68. The van der Waals surface area contributed by atoms with Crippen LogP contribution in [0.5, 0.6) is 0 Å². The third-order valence-electron chi connectivity index (χ3n) is 5.73. The average Bonchev–Trinajstić information content (AvgIpc) is 3.16. The number of amides is 2. The number of aromatic amines is 1. The zero-order valence-corrected chi connectivity index (χ0v) is 18.8. The van der Waals surface area contributed by atoms with Crippen molar-refractivity contribution in [2.45, 2.75) is 39.8 Å². The molecule has 1 saturated heterocycles. The number of aromatic nitrogens is 3. The summed E-state index contributed by atoms with van der Waals surface area (Å²) < 4.78 is 0. The van der Waals surface area contributed by atoms with Crippen LogP contribution in [0.15, 0.2) is 48.8 Å². The van der Waals surface area contributed by atoms with E-state index in [9.17, 15) is 9.59 Å². The van der Waals surface area contributed by atoms with Crippen LogP contribution in [0.1, 0.15) is 27.7 Å². The van der Waals surface area contributed by atoms with Crippen LogP contribution in [-0.4, -0.2) is 56.8 Å². The lowest BCUT2D eigenvalue weighted by atomic mass is 10.1. The summed E-state index contributed by atoms with van der Waals surface area (Å²) in [7, 11) is 0. The summed E-state index contributed by atoms with van der Waals surface area (Å²) in [6.45, 7) is 9.03. The van der Waals surface area contributed by atoms with Crippen LogP contribution in [0, 0.1) is 0 Å². The number of nitrogens with zero attached hydrogens (tertiary/aromatic N) is 4. The molecule has 0 radical (unpaired) electrons. The Bertz CT molecular complexity index is 1170. The lowest BCUT2D eigenvalue weighted by molar-refractivity contribution is -0.133. The maximum Gasteiger partial charge on any atom is 0.248 e. The maximum atomic E-state index is 12.0. The molecule has 3 aromatic rings. The molecule has 0 aliphatic carbocycles. The molecule has 2 N–H and O–H groups in total. The number of hydrogen-bond donors (Lipinski definition) is 2. The molecule has 0 aromatic carbocycles. The van der Waals surface area contributed by atoms with Crippen molar-refractivity contribution in [2.75, 3.05) is 23.3 Å². The van der Waals surface area contributed by atoms with Crippen LogP contribution in [0.4, 0.5) is 11.5 Å². The fourth-order valence-corrected chi connectivity index (χ4v) is 4.50. The van der Waals surface area contributed by atoms with Gasteiger partial charge in [0.15, 0.2) is 0 Å². The Labute approximate surface area is 187 Å². The minimum Gasteiger partial charge on any atom is -0.352 e. The van der Waals surface area contributed by atoms with Gasteiger partial charge < -0.3 is 20.1 Å². The van der Waals surface area contributed by atoms with E-state index in [0.29, 0.717) is 5.69 Å². The number of H-pyrrole nitrogens is 1. The van der Waals surface area contributed by atoms with E-state index >= 15 is 0 Å². The highest BCUT2D eigenvalue weighted by molar-refractivity contribution is 6.01. The van der Waals surface area contributed by atoms with Crippen LogP contribution in [0.3, 0.4) is 0 Å². The maximum absolute atomic E-state index is 12.0. The van der Waals surface area contributed by atoms with Crippen molar-refractivity contribution in [2.24, 2.45) is 0 Å². The number of anilines is 2. The van der Waals surface area contributed by atoms with Gasteiger partial charge in [-0.1, -0.05) is 12.1 Å². The lowest BCUT2D eigenvalue weighted by Gasteiger charge is -2.44. The van der Waals surface area contributed by atoms with Crippen molar-refractivity contribution < 1.29 is 9.59 Å². The number of rotatable bonds is 4. The Morgan fingerprint density at radius 1 is 1.22 bits per heavy atom.